The predicted octanol–water partition coefficient (Wildman–Crippen LogP) is 1.14. The number of hydrazine groups is 1. The molecule has 0 saturated carbocycles. The summed E-state index contributed by atoms with van der Waals surface area (Å²) in [6, 6.07) is 3.96. The average Bonchev–Trinajstić information content (AvgIpc) is 2.99. The van der Waals surface area contributed by atoms with Crippen molar-refractivity contribution in [1.29, 1.82) is 0 Å². The van der Waals surface area contributed by atoms with E-state index in [1.807, 2.05) is 13.0 Å². The molecule has 1 amide bonds. The highest BCUT2D eigenvalue weighted by Crippen LogP contribution is 2.16. The van der Waals surface area contributed by atoms with Gasteiger partial charge in [0, 0.05) is 23.8 Å². The first-order valence-electron chi connectivity index (χ1n) is 7.67. The van der Waals surface area contributed by atoms with Gasteiger partial charge in [0.15, 0.2) is 0 Å². The molecule has 1 unspecified atom stereocenters. The Morgan fingerprint density at radius 1 is 1.48 bits per heavy atom. The van der Waals surface area contributed by atoms with E-state index in [0.29, 0.717) is 24.0 Å². The molecule has 21 heavy (non-hydrogen) atoms. The number of nitrogens with two attached hydrogens (primary N) is 1. The van der Waals surface area contributed by atoms with Gasteiger partial charge in [0.05, 0.1) is 0 Å². The maximum atomic E-state index is 12.3. The SMILES string of the molecule is CCc1cc(C(=O)NCC2CCCN2CC)cc(NN)n1. The van der Waals surface area contributed by atoms with E-state index in [9.17, 15) is 4.79 Å². The standard InChI is InChI=1S/C15H25N5O/c1-3-12-8-11(9-14(18-12)19-16)15(21)17-10-13-6-5-7-20(13)4-2/h8-9,13H,3-7,10,16H2,1-2H3,(H,17,21)(H,18,19). The Balaban J connectivity index is 1.99. The highest BCUT2D eigenvalue weighted by Gasteiger charge is 2.23. The number of amides is 1. The Morgan fingerprint density at radius 3 is 2.95 bits per heavy atom. The normalized spacial score (nSPS) is 18.7. The number of nitrogen functional groups attached to an aromatic ring is 1. The quantitative estimate of drug-likeness (QED) is 0.541. The third kappa shape index (κ3) is 3.92. The van der Waals surface area contributed by atoms with Crippen LogP contribution in [-0.4, -0.2) is 41.5 Å². The first-order valence-corrected chi connectivity index (χ1v) is 7.67. The van der Waals surface area contributed by atoms with E-state index in [4.69, 9.17) is 5.84 Å². The lowest BCUT2D eigenvalue weighted by molar-refractivity contribution is 0.0941. The summed E-state index contributed by atoms with van der Waals surface area (Å²) in [6.45, 7) is 7.03. The lowest BCUT2D eigenvalue weighted by Crippen LogP contribution is -2.40. The smallest absolute Gasteiger partial charge is 0.251 e. The Labute approximate surface area is 126 Å². The van der Waals surface area contributed by atoms with E-state index < -0.39 is 0 Å². The van der Waals surface area contributed by atoms with Crippen molar-refractivity contribution in [3.63, 3.8) is 0 Å². The molecule has 1 aromatic heterocycles. The van der Waals surface area contributed by atoms with Crippen LogP contribution in [0.1, 0.15) is 42.7 Å². The zero-order chi connectivity index (χ0) is 15.2. The topological polar surface area (TPSA) is 83.3 Å². The number of aromatic nitrogens is 1. The van der Waals surface area contributed by atoms with Gasteiger partial charge in [0.1, 0.15) is 5.82 Å². The fraction of sp³-hybridized carbons (Fsp3) is 0.600. The summed E-state index contributed by atoms with van der Waals surface area (Å²) in [5.41, 5.74) is 3.97. The number of likely N-dealkylation sites (tertiary alicyclic amines) is 1. The third-order valence-corrected chi connectivity index (χ3v) is 4.05. The first kappa shape index (κ1) is 15.7. The number of hydrogen-bond acceptors (Lipinski definition) is 5. The second kappa shape index (κ2) is 7.38. The lowest BCUT2D eigenvalue weighted by atomic mass is 10.1. The van der Waals surface area contributed by atoms with E-state index in [0.717, 1.165) is 31.6 Å². The molecule has 6 nitrogen and oxygen atoms in total. The van der Waals surface area contributed by atoms with Crippen LogP contribution in [0.15, 0.2) is 12.1 Å². The number of carbonyl (C=O) groups is 1. The van der Waals surface area contributed by atoms with Gasteiger partial charge < -0.3 is 10.7 Å². The van der Waals surface area contributed by atoms with Gasteiger partial charge in [-0.1, -0.05) is 13.8 Å². The Morgan fingerprint density at radius 2 is 2.29 bits per heavy atom. The Hall–Kier alpha value is -1.66. The molecule has 0 aliphatic carbocycles. The molecule has 116 valence electrons. The number of nitrogens with zero attached hydrogens (tertiary/aromatic N) is 2. The molecule has 2 heterocycles. The minimum absolute atomic E-state index is 0.0634. The lowest BCUT2D eigenvalue weighted by Gasteiger charge is -2.22. The van der Waals surface area contributed by atoms with Crippen molar-refractivity contribution in [2.75, 3.05) is 25.1 Å². The minimum Gasteiger partial charge on any atom is -0.350 e. The Kier molecular flexibility index (Phi) is 5.52. The number of likely N-dealkylation sites (N-methyl/N-ethyl adjacent to an activating group) is 1. The highest BCUT2D eigenvalue weighted by atomic mass is 16.1. The van der Waals surface area contributed by atoms with Crippen molar-refractivity contribution < 1.29 is 4.79 Å². The molecule has 0 aromatic carbocycles. The van der Waals surface area contributed by atoms with Crippen LogP contribution in [0.2, 0.25) is 0 Å². The van der Waals surface area contributed by atoms with Crippen LogP contribution >= 0.6 is 0 Å². The zero-order valence-electron chi connectivity index (χ0n) is 12.9. The van der Waals surface area contributed by atoms with Gasteiger partial charge in [-0.3, -0.25) is 9.69 Å². The Bertz CT molecular complexity index is 469. The van der Waals surface area contributed by atoms with Gasteiger partial charge in [-0.05, 0) is 44.5 Å². The van der Waals surface area contributed by atoms with Crippen LogP contribution in [0.25, 0.3) is 0 Å². The van der Waals surface area contributed by atoms with Crippen LogP contribution in [-0.2, 0) is 6.42 Å². The minimum atomic E-state index is -0.0634. The van der Waals surface area contributed by atoms with E-state index >= 15 is 0 Å². The van der Waals surface area contributed by atoms with Crippen LogP contribution in [0, 0.1) is 0 Å². The fourth-order valence-electron chi connectivity index (χ4n) is 2.83. The van der Waals surface area contributed by atoms with Crippen molar-refractivity contribution in [3.8, 4) is 0 Å². The van der Waals surface area contributed by atoms with Gasteiger partial charge >= 0.3 is 0 Å². The maximum Gasteiger partial charge on any atom is 0.251 e. The second-order valence-corrected chi connectivity index (χ2v) is 5.36. The molecule has 0 radical (unpaired) electrons. The first-order chi connectivity index (χ1) is 10.2. The van der Waals surface area contributed by atoms with Crippen molar-refractivity contribution in [1.82, 2.24) is 15.2 Å². The summed E-state index contributed by atoms with van der Waals surface area (Å²) >= 11 is 0. The largest absolute Gasteiger partial charge is 0.350 e. The van der Waals surface area contributed by atoms with E-state index in [2.05, 4.69) is 27.6 Å². The summed E-state index contributed by atoms with van der Waals surface area (Å²) in [5, 5.41) is 3.03. The van der Waals surface area contributed by atoms with Gasteiger partial charge in [-0.25, -0.2) is 10.8 Å². The van der Waals surface area contributed by atoms with Crippen LogP contribution < -0.4 is 16.6 Å². The number of carbonyl (C=O) groups excluding carboxylic acids is 1. The average molecular weight is 291 g/mol. The molecule has 0 spiro atoms. The molecule has 1 aromatic rings. The molecule has 1 aliphatic heterocycles. The van der Waals surface area contributed by atoms with Gasteiger partial charge in [0.25, 0.3) is 5.91 Å². The predicted molar refractivity (Wildman–Crippen MR) is 84.0 cm³/mol. The molecule has 1 atom stereocenters. The molecule has 4 N–H and O–H groups in total. The van der Waals surface area contributed by atoms with Crippen molar-refractivity contribution in [2.45, 2.75) is 39.2 Å². The van der Waals surface area contributed by atoms with Crippen molar-refractivity contribution in [2.24, 2.45) is 5.84 Å². The molecular weight excluding hydrogens is 266 g/mol. The van der Waals surface area contributed by atoms with Crippen LogP contribution in [0.4, 0.5) is 5.82 Å². The zero-order valence-corrected chi connectivity index (χ0v) is 12.9. The summed E-state index contributed by atoms with van der Waals surface area (Å²) in [5.74, 6) is 5.86. The third-order valence-electron chi connectivity index (χ3n) is 4.05. The van der Waals surface area contributed by atoms with E-state index in [-0.39, 0.29) is 5.91 Å². The maximum absolute atomic E-state index is 12.3. The van der Waals surface area contributed by atoms with Crippen LogP contribution in [0.5, 0.6) is 0 Å². The monoisotopic (exact) mass is 291 g/mol. The number of rotatable bonds is 6. The van der Waals surface area contributed by atoms with Gasteiger partial charge in [0.2, 0.25) is 0 Å². The van der Waals surface area contributed by atoms with Gasteiger partial charge in [-0.2, -0.15) is 0 Å². The molecule has 1 aliphatic rings. The molecule has 1 saturated heterocycles. The molecule has 0 bridgehead atoms. The van der Waals surface area contributed by atoms with E-state index in [1.165, 1.54) is 6.42 Å². The summed E-state index contributed by atoms with van der Waals surface area (Å²) in [4.78, 5) is 19.0. The summed E-state index contributed by atoms with van der Waals surface area (Å²) < 4.78 is 0. The van der Waals surface area contributed by atoms with Crippen molar-refractivity contribution in [3.05, 3.63) is 23.4 Å². The van der Waals surface area contributed by atoms with Crippen molar-refractivity contribution >= 4 is 11.7 Å². The van der Waals surface area contributed by atoms with E-state index in [1.54, 1.807) is 6.07 Å². The molecule has 6 heteroatoms. The molecule has 1 fully saturated rings. The molecular formula is C15H25N5O. The number of nitrogens with one attached hydrogen (secondary N) is 2. The summed E-state index contributed by atoms with van der Waals surface area (Å²) in [7, 11) is 0. The summed E-state index contributed by atoms with van der Waals surface area (Å²) in [6.07, 6.45) is 3.13. The highest BCUT2D eigenvalue weighted by molar-refractivity contribution is 5.95. The molecule has 2 rings (SSSR count). The number of aryl methyl sites for hydroxylation is 1. The number of anilines is 1. The second-order valence-electron chi connectivity index (χ2n) is 5.36. The van der Waals surface area contributed by atoms with Crippen LogP contribution in [0.3, 0.4) is 0 Å². The number of pyridine rings is 1. The van der Waals surface area contributed by atoms with Gasteiger partial charge in [-0.15, -0.1) is 0 Å². The fourth-order valence-corrected chi connectivity index (χ4v) is 2.83. The number of hydrogen-bond donors (Lipinski definition) is 3.